The summed E-state index contributed by atoms with van der Waals surface area (Å²) in [6, 6.07) is 23.2. The molecule has 0 spiro atoms. The van der Waals surface area contributed by atoms with Gasteiger partial charge in [0.1, 0.15) is 6.10 Å². The van der Waals surface area contributed by atoms with Crippen LogP contribution in [0.15, 0.2) is 78.2 Å². The van der Waals surface area contributed by atoms with E-state index in [2.05, 4.69) is 5.32 Å². The Balaban J connectivity index is 1.30. The number of thiophene rings is 1. The highest BCUT2D eigenvalue weighted by Gasteiger charge is 2.51. The van der Waals surface area contributed by atoms with Crippen molar-refractivity contribution >= 4 is 40.7 Å². The smallest absolute Gasteiger partial charge is 0.412 e. The monoisotopic (exact) mass is 531 g/mol. The predicted octanol–water partition coefficient (Wildman–Crippen LogP) is 8.47. The summed E-state index contributed by atoms with van der Waals surface area (Å²) >= 11 is 7.80. The number of hydrogen-bond donors (Lipinski definition) is 2. The van der Waals surface area contributed by atoms with E-state index in [1.807, 2.05) is 79.0 Å². The minimum atomic E-state index is -0.748. The van der Waals surface area contributed by atoms with Crippen LogP contribution in [0.1, 0.15) is 41.9 Å². The zero-order valence-corrected chi connectivity index (χ0v) is 22.0. The van der Waals surface area contributed by atoms with Crippen LogP contribution in [0.25, 0.3) is 22.3 Å². The molecule has 3 aromatic carbocycles. The molecule has 1 aliphatic rings. The van der Waals surface area contributed by atoms with E-state index in [-0.39, 0.29) is 0 Å². The third kappa shape index (κ3) is 4.99. The SMILES string of the molecule is Cc1scc(-c2ccc(-c3ccc(C4(C(=O)O)CC4)cc3)cc2)c1NC(=O)OC(C)c1ccccc1Cl. The molecule has 1 saturated carbocycles. The van der Waals surface area contributed by atoms with Crippen LogP contribution >= 0.6 is 22.9 Å². The number of hydrogen-bond acceptors (Lipinski definition) is 4. The molecule has 2 N–H and O–H groups in total. The average Bonchev–Trinajstić information content (AvgIpc) is 3.64. The van der Waals surface area contributed by atoms with Crippen LogP contribution in [0, 0.1) is 6.92 Å². The lowest BCUT2D eigenvalue weighted by Crippen LogP contribution is -2.19. The Morgan fingerprint density at radius 3 is 2.16 bits per heavy atom. The maximum Gasteiger partial charge on any atom is 0.412 e. The van der Waals surface area contributed by atoms with E-state index >= 15 is 0 Å². The zero-order valence-electron chi connectivity index (χ0n) is 20.5. The molecule has 7 heteroatoms. The molecule has 0 saturated heterocycles. The van der Waals surface area contributed by atoms with Crippen LogP contribution in [0.5, 0.6) is 0 Å². The van der Waals surface area contributed by atoms with Gasteiger partial charge < -0.3 is 9.84 Å². The Bertz CT molecular complexity index is 1460. The van der Waals surface area contributed by atoms with Crippen LogP contribution in [-0.2, 0) is 14.9 Å². The van der Waals surface area contributed by atoms with Gasteiger partial charge in [-0.1, -0.05) is 78.3 Å². The molecular formula is C30H26ClNO4S. The Morgan fingerprint density at radius 2 is 1.57 bits per heavy atom. The lowest BCUT2D eigenvalue weighted by molar-refractivity contribution is -0.140. The number of aliphatic carboxylic acids is 1. The number of carboxylic acids is 1. The van der Waals surface area contributed by atoms with Crippen LogP contribution in [-0.4, -0.2) is 17.2 Å². The number of aryl methyl sites for hydroxylation is 1. The number of carboxylic acid groups (broad SMARTS) is 1. The number of anilines is 1. The summed E-state index contributed by atoms with van der Waals surface area (Å²) in [7, 11) is 0. The lowest BCUT2D eigenvalue weighted by Gasteiger charge is -2.16. The maximum absolute atomic E-state index is 12.7. The minimum Gasteiger partial charge on any atom is -0.481 e. The Morgan fingerprint density at radius 1 is 0.973 bits per heavy atom. The number of carbonyl (C=O) groups is 2. The van der Waals surface area contributed by atoms with E-state index in [1.54, 1.807) is 24.3 Å². The van der Waals surface area contributed by atoms with Gasteiger partial charge in [-0.05, 0) is 55.0 Å². The average molecular weight is 532 g/mol. The quantitative estimate of drug-likeness (QED) is 0.251. The van der Waals surface area contributed by atoms with Gasteiger partial charge in [-0.15, -0.1) is 11.3 Å². The number of nitrogens with one attached hydrogen (secondary N) is 1. The minimum absolute atomic E-state index is 0.493. The normalized spacial score (nSPS) is 14.6. The highest BCUT2D eigenvalue weighted by Crippen LogP contribution is 2.48. The Labute approximate surface area is 224 Å². The number of benzene rings is 3. The fraction of sp³-hybridized carbons (Fsp3) is 0.200. The van der Waals surface area contributed by atoms with Crippen LogP contribution in [0.3, 0.4) is 0 Å². The molecule has 1 aromatic heterocycles. The predicted molar refractivity (Wildman–Crippen MR) is 148 cm³/mol. The van der Waals surface area contributed by atoms with E-state index in [9.17, 15) is 14.7 Å². The first-order valence-electron chi connectivity index (χ1n) is 12.0. The van der Waals surface area contributed by atoms with Crippen LogP contribution < -0.4 is 5.32 Å². The lowest BCUT2D eigenvalue weighted by atomic mass is 9.93. The Kier molecular flexibility index (Phi) is 6.80. The first-order chi connectivity index (χ1) is 17.8. The summed E-state index contributed by atoms with van der Waals surface area (Å²) in [6.45, 7) is 3.75. The second-order valence-corrected chi connectivity index (χ2v) is 10.8. The van der Waals surface area contributed by atoms with E-state index in [0.29, 0.717) is 17.9 Å². The van der Waals surface area contributed by atoms with Crippen molar-refractivity contribution in [1.82, 2.24) is 0 Å². The summed E-state index contributed by atoms with van der Waals surface area (Å²) < 4.78 is 5.60. The molecule has 1 aliphatic carbocycles. The van der Waals surface area contributed by atoms with E-state index in [4.69, 9.17) is 16.3 Å². The summed E-state index contributed by atoms with van der Waals surface area (Å²) in [6.07, 6.45) is 0.354. The topological polar surface area (TPSA) is 75.6 Å². The van der Waals surface area contributed by atoms with E-state index < -0.39 is 23.6 Å². The third-order valence-corrected chi connectivity index (χ3v) is 8.21. The molecule has 5 rings (SSSR count). The molecule has 0 bridgehead atoms. The van der Waals surface area contributed by atoms with Crippen molar-refractivity contribution in [3.63, 3.8) is 0 Å². The standard InChI is InChI=1S/C30H26ClNO4S/c1-18(24-5-3-4-6-26(24)31)36-29(35)32-27-19(2)37-17-25(27)22-9-7-20(8-10-22)21-11-13-23(14-12-21)30(15-16-30)28(33)34/h3-14,17-18H,15-16H2,1-2H3,(H,32,35)(H,33,34). The van der Waals surface area contributed by atoms with Crippen LogP contribution in [0.2, 0.25) is 5.02 Å². The maximum atomic E-state index is 12.7. The fourth-order valence-corrected chi connectivity index (χ4v) is 5.67. The molecular weight excluding hydrogens is 506 g/mol. The van der Waals surface area contributed by atoms with Crippen molar-refractivity contribution in [1.29, 1.82) is 0 Å². The molecule has 1 unspecified atom stereocenters. The second kappa shape index (κ2) is 10.0. The molecule has 0 aliphatic heterocycles. The summed E-state index contributed by atoms with van der Waals surface area (Å²) in [5.41, 5.74) is 5.58. The van der Waals surface area contributed by atoms with Gasteiger partial charge in [-0.25, -0.2) is 4.79 Å². The largest absolute Gasteiger partial charge is 0.481 e. The van der Waals surface area contributed by atoms with Crippen molar-refractivity contribution in [2.45, 2.75) is 38.2 Å². The Hall–Kier alpha value is -3.61. The molecule has 37 heavy (non-hydrogen) atoms. The molecule has 5 nitrogen and oxygen atoms in total. The third-order valence-electron chi connectivity index (χ3n) is 6.96. The number of amides is 1. The van der Waals surface area contributed by atoms with Crippen molar-refractivity contribution < 1.29 is 19.4 Å². The molecule has 1 heterocycles. The van der Waals surface area contributed by atoms with Gasteiger partial charge in [-0.3, -0.25) is 10.1 Å². The highest BCUT2D eigenvalue weighted by molar-refractivity contribution is 7.11. The number of ether oxygens (including phenoxy) is 1. The fourth-order valence-electron chi connectivity index (χ4n) is 4.56. The van der Waals surface area contributed by atoms with Gasteiger partial charge in [-0.2, -0.15) is 0 Å². The van der Waals surface area contributed by atoms with Gasteiger partial charge in [0.15, 0.2) is 0 Å². The van der Waals surface area contributed by atoms with Gasteiger partial charge in [0.2, 0.25) is 0 Å². The summed E-state index contributed by atoms with van der Waals surface area (Å²) in [5.74, 6) is -0.748. The van der Waals surface area contributed by atoms with Crippen molar-refractivity contribution in [3.8, 4) is 22.3 Å². The molecule has 1 atom stereocenters. The second-order valence-electron chi connectivity index (χ2n) is 9.32. The van der Waals surface area contributed by atoms with Gasteiger partial charge in [0, 0.05) is 26.4 Å². The molecule has 0 radical (unpaired) electrons. The van der Waals surface area contributed by atoms with Gasteiger partial charge in [0.05, 0.1) is 11.1 Å². The van der Waals surface area contributed by atoms with Crippen LogP contribution in [0.4, 0.5) is 10.5 Å². The zero-order chi connectivity index (χ0) is 26.2. The summed E-state index contributed by atoms with van der Waals surface area (Å²) in [4.78, 5) is 25.3. The summed E-state index contributed by atoms with van der Waals surface area (Å²) in [5, 5.41) is 15.0. The first kappa shape index (κ1) is 25.1. The number of carbonyl (C=O) groups excluding carboxylic acids is 1. The van der Waals surface area contributed by atoms with E-state index in [0.717, 1.165) is 43.9 Å². The first-order valence-corrected chi connectivity index (χ1v) is 13.3. The molecule has 1 fully saturated rings. The van der Waals surface area contributed by atoms with Gasteiger partial charge >= 0.3 is 12.1 Å². The van der Waals surface area contributed by atoms with Crippen molar-refractivity contribution in [2.24, 2.45) is 0 Å². The molecule has 4 aromatic rings. The number of rotatable bonds is 7. The van der Waals surface area contributed by atoms with Crippen molar-refractivity contribution in [3.05, 3.63) is 99.2 Å². The number of halogens is 1. The van der Waals surface area contributed by atoms with Crippen molar-refractivity contribution in [2.75, 3.05) is 5.32 Å². The molecule has 1 amide bonds. The van der Waals surface area contributed by atoms with E-state index in [1.165, 1.54) is 0 Å². The highest BCUT2D eigenvalue weighted by atomic mass is 35.5. The van der Waals surface area contributed by atoms with Gasteiger partial charge in [0.25, 0.3) is 0 Å². The molecule has 188 valence electrons.